The van der Waals surface area contributed by atoms with E-state index in [1.54, 1.807) is 6.08 Å². The minimum Gasteiger partial charge on any atom is -0.756 e. The molecule has 0 heterocycles. The lowest BCUT2D eigenvalue weighted by molar-refractivity contribution is -0.870. The summed E-state index contributed by atoms with van der Waals surface area (Å²) in [5.41, 5.74) is 0. The molecule has 424 valence electrons. The Labute approximate surface area is 443 Å². The molecule has 0 spiro atoms. The summed E-state index contributed by atoms with van der Waals surface area (Å²) in [6.07, 6.45) is 67.4. The van der Waals surface area contributed by atoms with Gasteiger partial charge in [-0.1, -0.05) is 315 Å². The number of aliphatic hydroxyl groups is 1. The fraction of sp³-hybridized carbons (Fsp3) is 0.952. The van der Waals surface area contributed by atoms with Crippen molar-refractivity contribution in [3.8, 4) is 0 Å². The lowest BCUT2D eigenvalue weighted by atomic mass is 10.0. The van der Waals surface area contributed by atoms with Crippen molar-refractivity contribution in [1.82, 2.24) is 5.32 Å². The normalized spacial score (nSPS) is 13.8. The van der Waals surface area contributed by atoms with Crippen LogP contribution in [-0.4, -0.2) is 68.5 Å². The number of nitrogens with zero attached hydrogens (tertiary/aromatic N) is 1. The summed E-state index contributed by atoms with van der Waals surface area (Å²) >= 11 is 0. The number of carbonyl (C=O) groups excluding carboxylic acids is 1. The molecular weight excluding hydrogens is 900 g/mol. The summed E-state index contributed by atoms with van der Waals surface area (Å²) in [6, 6.07) is -0.882. The molecule has 0 bridgehead atoms. The van der Waals surface area contributed by atoms with Crippen LogP contribution in [0.15, 0.2) is 12.2 Å². The van der Waals surface area contributed by atoms with E-state index in [1.807, 2.05) is 27.2 Å². The van der Waals surface area contributed by atoms with Crippen molar-refractivity contribution in [2.45, 2.75) is 341 Å². The van der Waals surface area contributed by atoms with Gasteiger partial charge in [0.2, 0.25) is 5.91 Å². The largest absolute Gasteiger partial charge is 0.756 e. The quantitative estimate of drug-likeness (QED) is 0.0272. The SMILES string of the molecule is CCCCCCCCCCCCCCCCCCCCCCCCCCCCCCC/C=C/C(O)C(COP(=O)([O-])OCC[N+](C)(C)C)NC(=O)CCCCCCCCCCCCCCCCCCCC. The van der Waals surface area contributed by atoms with Crippen LogP contribution >= 0.6 is 7.82 Å². The van der Waals surface area contributed by atoms with E-state index in [-0.39, 0.29) is 19.1 Å². The molecule has 0 aliphatic rings. The van der Waals surface area contributed by atoms with E-state index < -0.39 is 20.0 Å². The third kappa shape index (κ3) is 56.8. The van der Waals surface area contributed by atoms with Gasteiger partial charge in [-0.15, -0.1) is 0 Å². The van der Waals surface area contributed by atoms with E-state index in [0.717, 1.165) is 38.5 Å². The maximum atomic E-state index is 13.0. The molecule has 0 rings (SSSR count). The van der Waals surface area contributed by atoms with Crippen LogP contribution in [0.5, 0.6) is 0 Å². The number of unbranched alkanes of at least 4 members (excludes halogenated alkanes) is 46. The van der Waals surface area contributed by atoms with Crippen LogP contribution in [0.25, 0.3) is 0 Å². The number of quaternary nitrogens is 1. The number of aliphatic hydroxyl groups excluding tert-OH is 1. The van der Waals surface area contributed by atoms with Crippen LogP contribution in [0.1, 0.15) is 328 Å². The number of phosphoric ester groups is 1. The first-order chi connectivity index (χ1) is 34.5. The van der Waals surface area contributed by atoms with E-state index in [4.69, 9.17) is 9.05 Å². The molecule has 3 unspecified atom stereocenters. The van der Waals surface area contributed by atoms with Crippen LogP contribution in [0.2, 0.25) is 0 Å². The average molecular weight is 1030 g/mol. The summed E-state index contributed by atoms with van der Waals surface area (Å²) in [7, 11) is 1.28. The number of nitrogens with one attached hydrogen (secondary N) is 1. The van der Waals surface area contributed by atoms with Gasteiger partial charge < -0.3 is 28.8 Å². The second kappa shape index (κ2) is 54.0. The number of rotatable bonds is 59. The number of hydrogen-bond acceptors (Lipinski definition) is 6. The Hall–Kier alpha value is -0.760. The average Bonchev–Trinajstić information content (AvgIpc) is 3.33. The summed E-state index contributed by atoms with van der Waals surface area (Å²) in [5, 5.41) is 13.9. The molecular formula is C62H125N2O6P. The van der Waals surface area contributed by atoms with Gasteiger partial charge in [-0.25, -0.2) is 0 Å². The van der Waals surface area contributed by atoms with Crippen LogP contribution in [-0.2, 0) is 18.4 Å². The van der Waals surface area contributed by atoms with Gasteiger partial charge in [0.15, 0.2) is 0 Å². The fourth-order valence-corrected chi connectivity index (χ4v) is 10.5. The van der Waals surface area contributed by atoms with Crippen molar-refractivity contribution >= 4 is 13.7 Å². The summed E-state index contributed by atoms with van der Waals surface area (Å²) in [4.78, 5) is 25.5. The van der Waals surface area contributed by atoms with E-state index in [0.29, 0.717) is 17.4 Å². The van der Waals surface area contributed by atoms with Gasteiger partial charge in [-0.3, -0.25) is 9.36 Å². The predicted molar refractivity (Wildman–Crippen MR) is 307 cm³/mol. The molecule has 71 heavy (non-hydrogen) atoms. The van der Waals surface area contributed by atoms with Crippen molar-refractivity contribution in [3.05, 3.63) is 12.2 Å². The lowest BCUT2D eigenvalue weighted by Crippen LogP contribution is -2.45. The van der Waals surface area contributed by atoms with Crippen molar-refractivity contribution in [2.75, 3.05) is 40.9 Å². The number of phosphoric acid groups is 1. The third-order valence-corrected chi connectivity index (χ3v) is 15.7. The van der Waals surface area contributed by atoms with E-state index in [1.165, 1.54) is 270 Å². The highest BCUT2D eigenvalue weighted by molar-refractivity contribution is 7.45. The van der Waals surface area contributed by atoms with Crippen molar-refractivity contribution in [2.24, 2.45) is 0 Å². The minimum atomic E-state index is -4.59. The zero-order chi connectivity index (χ0) is 52.0. The molecule has 0 aromatic carbocycles. The minimum absolute atomic E-state index is 0.00278. The van der Waals surface area contributed by atoms with Gasteiger partial charge in [0.05, 0.1) is 39.9 Å². The molecule has 8 nitrogen and oxygen atoms in total. The summed E-state index contributed by atoms with van der Waals surface area (Å²) < 4.78 is 23.4. The predicted octanol–water partition coefficient (Wildman–Crippen LogP) is 18.8. The van der Waals surface area contributed by atoms with Gasteiger partial charge in [0, 0.05) is 6.42 Å². The number of allylic oxidation sites excluding steroid dienone is 1. The molecule has 1 amide bonds. The standard InChI is InChI=1S/C62H125N2O6P/c1-6-8-10-12-14-16-18-20-22-24-26-27-28-29-30-31-32-33-34-35-36-37-38-39-41-43-45-47-49-51-53-55-61(65)60(59-70-71(67,68)69-58-57-64(3,4)5)63-62(66)56-54-52-50-48-46-44-42-40-25-23-21-19-17-15-13-11-9-7-2/h53,55,60-61,65H,6-52,54,56-59H2,1-5H3,(H-,63,66,67,68)/b55-53+. The monoisotopic (exact) mass is 1020 g/mol. The van der Waals surface area contributed by atoms with Gasteiger partial charge in [0.25, 0.3) is 7.82 Å². The van der Waals surface area contributed by atoms with Gasteiger partial charge in [0.1, 0.15) is 13.2 Å². The highest BCUT2D eigenvalue weighted by Crippen LogP contribution is 2.38. The number of likely N-dealkylation sites (N-methyl/N-ethyl adjacent to an activating group) is 1. The van der Waals surface area contributed by atoms with Gasteiger partial charge >= 0.3 is 0 Å². The van der Waals surface area contributed by atoms with Crippen molar-refractivity contribution in [1.29, 1.82) is 0 Å². The van der Waals surface area contributed by atoms with Crippen LogP contribution < -0.4 is 10.2 Å². The third-order valence-electron chi connectivity index (χ3n) is 14.7. The molecule has 0 aromatic rings. The van der Waals surface area contributed by atoms with E-state index >= 15 is 0 Å². The van der Waals surface area contributed by atoms with E-state index in [9.17, 15) is 19.4 Å². The molecule has 0 radical (unpaired) electrons. The Morgan fingerprint density at radius 2 is 0.761 bits per heavy atom. The topological polar surface area (TPSA) is 108 Å². The smallest absolute Gasteiger partial charge is 0.268 e. The number of hydrogen-bond donors (Lipinski definition) is 2. The van der Waals surface area contributed by atoms with Crippen LogP contribution in [0, 0.1) is 0 Å². The first kappa shape index (κ1) is 70.2. The van der Waals surface area contributed by atoms with Crippen LogP contribution in [0.3, 0.4) is 0 Å². The molecule has 0 aromatic heterocycles. The van der Waals surface area contributed by atoms with Crippen LogP contribution in [0.4, 0.5) is 0 Å². The Morgan fingerprint density at radius 3 is 1.06 bits per heavy atom. The molecule has 0 saturated carbocycles. The Bertz CT molecular complexity index is 1160. The van der Waals surface area contributed by atoms with E-state index in [2.05, 4.69) is 19.2 Å². The number of amides is 1. The molecule has 9 heteroatoms. The van der Waals surface area contributed by atoms with Gasteiger partial charge in [-0.05, 0) is 19.3 Å². The highest BCUT2D eigenvalue weighted by Gasteiger charge is 2.23. The second-order valence-electron chi connectivity index (χ2n) is 23.1. The summed E-state index contributed by atoms with van der Waals surface area (Å²) in [6.45, 7) is 4.71. The molecule has 0 aliphatic carbocycles. The number of carbonyl (C=O) groups is 1. The Morgan fingerprint density at radius 1 is 0.479 bits per heavy atom. The first-order valence-electron chi connectivity index (χ1n) is 31.6. The molecule has 3 atom stereocenters. The maximum Gasteiger partial charge on any atom is 0.268 e. The maximum absolute atomic E-state index is 13.0. The lowest BCUT2D eigenvalue weighted by Gasteiger charge is -2.29. The zero-order valence-corrected chi connectivity index (χ0v) is 49.4. The molecule has 0 saturated heterocycles. The molecule has 0 fully saturated rings. The fourth-order valence-electron chi connectivity index (χ4n) is 9.81. The van der Waals surface area contributed by atoms with Crippen molar-refractivity contribution < 1.29 is 32.9 Å². The first-order valence-corrected chi connectivity index (χ1v) is 33.0. The summed E-state index contributed by atoms with van der Waals surface area (Å²) in [5.74, 6) is -0.190. The second-order valence-corrected chi connectivity index (χ2v) is 24.5. The van der Waals surface area contributed by atoms with Gasteiger partial charge in [-0.2, -0.15) is 0 Å². The molecule has 2 N–H and O–H groups in total. The zero-order valence-electron chi connectivity index (χ0n) is 48.5. The molecule has 0 aliphatic heterocycles. The Kier molecular flexibility index (Phi) is 53.5. The Balaban J connectivity index is 4.06. The van der Waals surface area contributed by atoms with Crippen molar-refractivity contribution in [3.63, 3.8) is 0 Å². The highest BCUT2D eigenvalue weighted by atomic mass is 31.2.